The molecule has 0 saturated heterocycles. The fraction of sp³-hybridized carbons (Fsp3) is 0.769. The van der Waals surface area contributed by atoms with Crippen LogP contribution in [0.5, 0.6) is 0 Å². The van der Waals surface area contributed by atoms with E-state index in [1.807, 2.05) is 24.7 Å². The molecule has 1 unspecified atom stereocenters. The number of imidazole rings is 1. The molecule has 4 nitrogen and oxygen atoms in total. The van der Waals surface area contributed by atoms with Crippen LogP contribution in [-0.4, -0.2) is 33.3 Å². The molecule has 0 aliphatic rings. The van der Waals surface area contributed by atoms with Crippen molar-refractivity contribution in [1.82, 2.24) is 14.9 Å². The Balaban J connectivity index is 2.26. The van der Waals surface area contributed by atoms with Crippen molar-refractivity contribution in [2.45, 2.75) is 45.1 Å². The van der Waals surface area contributed by atoms with Crippen LogP contribution in [0.2, 0.25) is 0 Å². The molecule has 0 aliphatic carbocycles. The molecule has 0 fully saturated rings. The van der Waals surface area contributed by atoms with Gasteiger partial charge in [-0.3, -0.25) is 0 Å². The average molecular weight is 239 g/mol. The normalized spacial score (nSPS) is 14.8. The molecule has 1 rings (SSSR count). The Labute approximate surface area is 104 Å². The minimum atomic E-state index is -0.604. The molecule has 0 radical (unpaired) electrons. The first-order valence-electron chi connectivity index (χ1n) is 6.44. The summed E-state index contributed by atoms with van der Waals surface area (Å²) in [6, 6.07) is 0. The van der Waals surface area contributed by atoms with Crippen molar-refractivity contribution in [3.05, 3.63) is 18.2 Å². The molecule has 0 amide bonds. The third kappa shape index (κ3) is 5.33. The van der Waals surface area contributed by atoms with Crippen molar-refractivity contribution < 1.29 is 5.11 Å². The maximum absolute atomic E-state index is 10.2. The molecule has 1 atom stereocenters. The molecular formula is C13H25N3O. The van der Waals surface area contributed by atoms with Gasteiger partial charge in [0.15, 0.2) is 0 Å². The second kappa shape index (κ2) is 6.77. The summed E-state index contributed by atoms with van der Waals surface area (Å²) in [5, 5.41) is 13.5. The zero-order valence-electron chi connectivity index (χ0n) is 11.2. The maximum atomic E-state index is 10.2. The summed E-state index contributed by atoms with van der Waals surface area (Å²) in [6.07, 6.45) is 7.24. The number of aryl methyl sites for hydroxylation is 2. The van der Waals surface area contributed by atoms with Crippen LogP contribution in [0, 0.1) is 0 Å². The van der Waals surface area contributed by atoms with Gasteiger partial charge in [-0.1, -0.05) is 6.92 Å². The largest absolute Gasteiger partial charge is 0.390 e. The number of hydrogen-bond acceptors (Lipinski definition) is 3. The lowest BCUT2D eigenvalue weighted by atomic mass is 9.96. The van der Waals surface area contributed by atoms with Gasteiger partial charge in [0.05, 0.1) is 5.60 Å². The monoisotopic (exact) mass is 239 g/mol. The molecular weight excluding hydrogens is 214 g/mol. The number of nitrogens with zero attached hydrogens (tertiary/aromatic N) is 2. The summed E-state index contributed by atoms with van der Waals surface area (Å²) in [6.45, 7) is 5.95. The van der Waals surface area contributed by atoms with Gasteiger partial charge in [0, 0.05) is 25.9 Å². The quantitative estimate of drug-likeness (QED) is 0.676. The van der Waals surface area contributed by atoms with Crippen LogP contribution in [0.25, 0.3) is 0 Å². The van der Waals surface area contributed by atoms with Crippen molar-refractivity contribution in [2.24, 2.45) is 7.05 Å². The zero-order valence-corrected chi connectivity index (χ0v) is 11.2. The molecule has 0 bridgehead atoms. The minimum Gasteiger partial charge on any atom is -0.390 e. The van der Waals surface area contributed by atoms with E-state index in [2.05, 4.69) is 17.2 Å². The molecule has 98 valence electrons. The summed E-state index contributed by atoms with van der Waals surface area (Å²) in [7, 11) is 1.99. The summed E-state index contributed by atoms with van der Waals surface area (Å²) >= 11 is 0. The topological polar surface area (TPSA) is 50.1 Å². The fourth-order valence-electron chi connectivity index (χ4n) is 1.80. The van der Waals surface area contributed by atoms with Gasteiger partial charge in [0.1, 0.15) is 5.82 Å². The molecule has 2 N–H and O–H groups in total. The van der Waals surface area contributed by atoms with E-state index in [0.29, 0.717) is 0 Å². The van der Waals surface area contributed by atoms with E-state index >= 15 is 0 Å². The number of rotatable bonds is 8. The highest BCUT2D eigenvalue weighted by Gasteiger charge is 2.20. The third-order valence-electron chi connectivity index (χ3n) is 3.08. The molecule has 0 spiro atoms. The van der Waals surface area contributed by atoms with Gasteiger partial charge in [0.2, 0.25) is 0 Å². The molecule has 1 aromatic heterocycles. The van der Waals surface area contributed by atoms with E-state index < -0.39 is 5.60 Å². The summed E-state index contributed by atoms with van der Waals surface area (Å²) in [4.78, 5) is 4.26. The zero-order chi connectivity index (χ0) is 12.7. The Kier molecular flexibility index (Phi) is 5.65. The van der Waals surface area contributed by atoms with Gasteiger partial charge in [0.25, 0.3) is 0 Å². The van der Waals surface area contributed by atoms with Crippen LogP contribution >= 0.6 is 0 Å². The predicted octanol–water partition coefficient (Wildman–Crippen LogP) is 1.49. The van der Waals surface area contributed by atoms with Crippen molar-refractivity contribution in [3.63, 3.8) is 0 Å². The molecule has 0 saturated carbocycles. The van der Waals surface area contributed by atoms with Crippen LogP contribution in [0.4, 0.5) is 0 Å². The lowest BCUT2D eigenvalue weighted by molar-refractivity contribution is 0.0420. The number of nitrogens with one attached hydrogen (secondary N) is 1. The summed E-state index contributed by atoms with van der Waals surface area (Å²) in [5.74, 6) is 1.03. The Hall–Kier alpha value is -0.870. The van der Waals surface area contributed by atoms with Crippen LogP contribution in [-0.2, 0) is 13.5 Å². The van der Waals surface area contributed by atoms with E-state index in [-0.39, 0.29) is 0 Å². The van der Waals surface area contributed by atoms with Crippen molar-refractivity contribution in [3.8, 4) is 0 Å². The highest BCUT2D eigenvalue weighted by molar-refractivity contribution is 4.93. The Bertz CT molecular complexity index is 320. The molecule has 1 heterocycles. The van der Waals surface area contributed by atoms with Gasteiger partial charge >= 0.3 is 0 Å². The predicted molar refractivity (Wildman–Crippen MR) is 69.9 cm³/mol. The number of aromatic nitrogens is 2. The van der Waals surface area contributed by atoms with Crippen LogP contribution < -0.4 is 5.32 Å². The second-order valence-electron chi connectivity index (χ2n) is 4.95. The highest BCUT2D eigenvalue weighted by atomic mass is 16.3. The minimum absolute atomic E-state index is 0.604. The first-order valence-corrected chi connectivity index (χ1v) is 6.44. The van der Waals surface area contributed by atoms with Gasteiger partial charge in [-0.25, -0.2) is 4.98 Å². The van der Waals surface area contributed by atoms with Crippen LogP contribution in [0.3, 0.4) is 0 Å². The van der Waals surface area contributed by atoms with Crippen molar-refractivity contribution in [1.29, 1.82) is 0 Å². The van der Waals surface area contributed by atoms with E-state index in [4.69, 9.17) is 0 Å². The van der Waals surface area contributed by atoms with E-state index in [0.717, 1.165) is 44.6 Å². The fourth-order valence-corrected chi connectivity index (χ4v) is 1.80. The number of hydrogen-bond donors (Lipinski definition) is 2. The molecule has 0 aromatic carbocycles. The van der Waals surface area contributed by atoms with Crippen molar-refractivity contribution in [2.75, 3.05) is 13.1 Å². The van der Waals surface area contributed by atoms with Gasteiger partial charge in [-0.05, 0) is 39.3 Å². The highest BCUT2D eigenvalue weighted by Crippen LogP contribution is 2.16. The standard InChI is InChI=1S/C13H25N3O/c1-4-8-14-9-7-13(2,17)6-5-12-15-10-11-16(12)3/h10-11,14,17H,4-9H2,1-3H3. The van der Waals surface area contributed by atoms with E-state index in [1.165, 1.54) is 0 Å². The maximum Gasteiger partial charge on any atom is 0.108 e. The summed E-state index contributed by atoms with van der Waals surface area (Å²) in [5.41, 5.74) is -0.604. The summed E-state index contributed by atoms with van der Waals surface area (Å²) < 4.78 is 2.01. The van der Waals surface area contributed by atoms with Crippen LogP contribution in [0.15, 0.2) is 12.4 Å². The first kappa shape index (κ1) is 14.2. The number of aliphatic hydroxyl groups is 1. The van der Waals surface area contributed by atoms with Crippen LogP contribution in [0.1, 0.15) is 38.9 Å². The SMILES string of the molecule is CCCNCCC(C)(O)CCc1nccn1C. The third-order valence-corrected chi connectivity index (χ3v) is 3.08. The van der Waals surface area contributed by atoms with E-state index in [1.54, 1.807) is 6.20 Å². The van der Waals surface area contributed by atoms with Crippen molar-refractivity contribution >= 4 is 0 Å². The Morgan fingerprint density at radius 3 is 2.76 bits per heavy atom. The lowest BCUT2D eigenvalue weighted by Crippen LogP contribution is -2.31. The first-order chi connectivity index (χ1) is 8.05. The Morgan fingerprint density at radius 1 is 1.41 bits per heavy atom. The van der Waals surface area contributed by atoms with E-state index in [9.17, 15) is 5.11 Å². The lowest BCUT2D eigenvalue weighted by Gasteiger charge is -2.23. The van der Waals surface area contributed by atoms with Gasteiger partial charge in [-0.15, -0.1) is 0 Å². The molecule has 4 heteroatoms. The van der Waals surface area contributed by atoms with Gasteiger partial charge in [-0.2, -0.15) is 0 Å². The molecule has 1 aromatic rings. The Morgan fingerprint density at radius 2 is 2.18 bits per heavy atom. The molecule has 17 heavy (non-hydrogen) atoms. The molecule has 0 aliphatic heterocycles. The van der Waals surface area contributed by atoms with Gasteiger partial charge < -0.3 is 15.0 Å². The second-order valence-corrected chi connectivity index (χ2v) is 4.95. The average Bonchev–Trinajstić information content (AvgIpc) is 2.68. The smallest absolute Gasteiger partial charge is 0.108 e.